The summed E-state index contributed by atoms with van der Waals surface area (Å²) in [6.07, 6.45) is 1.74. The zero-order valence-electron chi connectivity index (χ0n) is 13.0. The average molecular weight is 360 g/mol. The van der Waals surface area contributed by atoms with Gasteiger partial charge in [0.2, 0.25) is 5.91 Å². The third-order valence-corrected chi connectivity index (χ3v) is 4.09. The summed E-state index contributed by atoms with van der Waals surface area (Å²) in [4.78, 5) is 20.4. The van der Waals surface area contributed by atoms with E-state index in [1.54, 1.807) is 11.6 Å². The van der Waals surface area contributed by atoms with Crippen LogP contribution >= 0.6 is 11.3 Å². The lowest BCUT2D eigenvalue weighted by Crippen LogP contribution is -2.25. The Balaban J connectivity index is 1.53. The van der Waals surface area contributed by atoms with E-state index in [0.29, 0.717) is 16.6 Å². The van der Waals surface area contributed by atoms with Crippen LogP contribution in [0, 0.1) is 11.6 Å². The fraction of sp³-hybridized carbons (Fsp3) is 0.118. The number of nitrogens with zero attached hydrogens (tertiary/aromatic N) is 2. The molecule has 0 spiro atoms. The smallest absolute Gasteiger partial charge is 0.226 e. The summed E-state index contributed by atoms with van der Waals surface area (Å²) in [7, 11) is 0. The highest BCUT2D eigenvalue weighted by atomic mass is 32.1. The van der Waals surface area contributed by atoms with Crippen LogP contribution in [0.3, 0.4) is 0 Å². The Morgan fingerprint density at radius 2 is 2.08 bits per heavy atom. The largest absolute Gasteiger partial charge is 0.352 e. The Hall–Kier alpha value is -2.87. The minimum absolute atomic E-state index is 0.00583. The van der Waals surface area contributed by atoms with Crippen molar-refractivity contribution < 1.29 is 13.6 Å². The molecule has 3 aromatic rings. The topological polar surface area (TPSA) is 66.9 Å². The van der Waals surface area contributed by atoms with Crippen LogP contribution < -0.4 is 10.6 Å². The Labute approximate surface area is 146 Å². The second kappa shape index (κ2) is 7.80. The third kappa shape index (κ3) is 4.80. The van der Waals surface area contributed by atoms with Gasteiger partial charge in [-0.05, 0) is 18.2 Å². The van der Waals surface area contributed by atoms with Gasteiger partial charge in [-0.2, -0.15) is 0 Å². The van der Waals surface area contributed by atoms with Crippen LogP contribution in [-0.4, -0.2) is 15.9 Å². The fourth-order valence-electron chi connectivity index (χ4n) is 2.08. The second-order valence-corrected chi connectivity index (χ2v) is 6.03. The maximum absolute atomic E-state index is 13.5. The lowest BCUT2D eigenvalue weighted by molar-refractivity contribution is -0.120. The highest BCUT2D eigenvalue weighted by Crippen LogP contribution is 2.19. The van der Waals surface area contributed by atoms with Gasteiger partial charge in [0, 0.05) is 29.8 Å². The molecule has 0 bridgehead atoms. The van der Waals surface area contributed by atoms with Crippen LogP contribution in [0.4, 0.5) is 19.7 Å². The van der Waals surface area contributed by atoms with Crippen molar-refractivity contribution in [1.82, 2.24) is 15.3 Å². The number of anilines is 2. The Kier molecular flexibility index (Phi) is 5.30. The Bertz CT molecular complexity index is 870. The first-order valence-electron chi connectivity index (χ1n) is 7.43. The van der Waals surface area contributed by atoms with Gasteiger partial charge in [-0.3, -0.25) is 4.79 Å². The number of hydrogen-bond acceptors (Lipinski definition) is 5. The van der Waals surface area contributed by atoms with Crippen molar-refractivity contribution >= 4 is 28.2 Å². The minimum atomic E-state index is -0.684. The first-order valence-corrected chi connectivity index (χ1v) is 8.31. The van der Waals surface area contributed by atoms with E-state index < -0.39 is 11.6 Å². The van der Waals surface area contributed by atoms with Gasteiger partial charge in [-0.15, -0.1) is 11.3 Å². The number of rotatable bonds is 6. The number of aromatic nitrogens is 2. The molecule has 3 rings (SSSR count). The van der Waals surface area contributed by atoms with Crippen molar-refractivity contribution in [3.63, 3.8) is 0 Å². The Morgan fingerprint density at radius 1 is 1.20 bits per heavy atom. The average Bonchev–Trinajstić information content (AvgIpc) is 3.02. The van der Waals surface area contributed by atoms with Gasteiger partial charge >= 0.3 is 0 Å². The molecule has 1 aromatic carbocycles. The van der Waals surface area contributed by atoms with Crippen LogP contribution in [0.2, 0.25) is 0 Å². The third-order valence-electron chi connectivity index (χ3n) is 3.28. The van der Waals surface area contributed by atoms with Crippen LogP contribution in [-0.2, 0) is 17.8 Å². The molecule has 0 saturated heterocycles. The minimum Gasteiger partial charge on any atom is -0.352 e. The lowest BCUT2D eigenvalue weighted by Gasteiger charge is -2.05. The quantitative estimate of drug-likeness (QED) is 0.707. The van der Waals surface area contributed by atoms with E-state index >= 15 is 0 Å². The number of amides is 1. The summed E-state index contributed by atoms with van der Waals surface area (Å²) in [6, 6.07) is 8.73. The predicted octanol–water partition coefficient (Wildman–Crippen LogP) is 3.42. The fourth-order valence-corrected chi connectivity index (χ4v) is 2.79. The number of pyridine rings is 1. The summed E-state index contributed by atoms with van der Waals surface area (Å²) in [6.45, 7) is -0.00583. The zero-order valence-corrected chi connectivity index (χ0v) is 13.8. The van der Waals surface area contributed by atoms with Gasteiger partial charge in [0.1, 0.15) is 17.5 Å². The molecule has 128 valence electrons. The molecule has 25 heavy (non-hydrogen) atoms. The number of benzene rings is 1. The van der Waals surface area contributed by atoms with E-state index in [0.717, 1.165) is 12.1 Å². The van der Waals surface area contributed by atoms with E-state index in [4.69, 9.17) is 0 Å². The van der Waals surface area contributed by atoms with Gasteiger partial charge < -0.3 is 10.6 Å². The highest BCUT2D eigenvalue weighted by molar-refractivity contribution is 7.13. The van der Waals surface area contributed by atoms with Crippen LogP contribution in [0.5, 0.6) is 0 Å². The molecular weight excluding hydrogens is 346 g/mol. The van der Waals surface area contributed by atoms with E-state index in [2.05, 4.69) is 20.6 Å². The van der Waals surface area contributed by atoms with Crippen molar-refractivity contribution in [2.24, 2.45) is 0 Å². The molecule has 2 heterocycles. The van der Waals surface area contributed by atoms with Gasteiger partial charge in [0.15, 0.2) is 5.13 Å². The van der Waals surface area contributed by atoms with Crippen LogP contribution in [0.15, 0.2) is 48.0 Å². The maximum atomic E-state index is 13.5. The molecule has 0 atom stereocenters. The summed E-state index contributed by atoms with van der Waals surface area (Å²) in [5, 5.41) is 8.04. The van der Waals surface area contributed by atoms with Crippen LogP contribution in [0.1, 0.15) is 11.3 Å². The van der Waals surface area contributed by atoms with E-state index in [9.17, 15) is 13.6 Å². The molecular formula is C17H14F2N4OS. The monoisotopic (exact) mass is 360 g/mol. The van der Waals surface area contributed by atoms with Crippen molar-refractivity contribution in [1.29, 1.82) is 0 Å². The molecule has 0 fully saturated rings. The van der Waals surface area contributed by atoms with E-state index in [1.165, 1.54) is 17.4 Å². The number of thiazole rings is 1. The van der Waals surface area contributed by atoms with Gasteiger partial charge in [-0.1, -0.05) is 12.1 Å². The molecule has 0 aliphatic rings. The molecule has 0 radical (unpaired) electrons. The number of hydrogen-bond donors (Lipinski definition) is 2. The molecule has 0 aliphatic heterocycles. The van der Waals surface area contributed by atoms with Crippen molar-refractivity contribution in [2.75, 3.05) is 5.32 Å². The van der Waals surface area contributed by atoms with Gasteiger partial charge in [0.05, 0.1) is 12.1 Å². The predicted molar refractivity (Wildman–Crippen MR) is 91.5 cm³/mol. The number of carbonyl (C=O) groups excluding carboxylic acids is 1. The summed E-state index contributed by atoms with van der Waals surface area (Å²) in [5.74, 6) is -0.961. The molecule has 0 unspecified atom stereocenters. The molecule has 2 N–H and O–H groups in total. The van der Waals surface area contributed by atoms with Gasteiger partial charge in [-0.25, -0.2) is 18.7 Å². The van der Waals surface area contributed by atoms with Crippen LogP contribution in [0.25, 0.3) is 0 Å². The van der Waals surface area contributed by atoms with Crippen molar-refractivity contribution in [2.45, 2.75) is 13.0 Å². The summed E-state index contributed by atoms with van der Waals surface area (Å²) < 4.78 is 26.4. The molecule has 1 amide bonds. The highest BCUT2D eigenvalue weighted by Gasteiger charge is 2.10. The number of halogens is 2. The summed E-state index contributed by atoms with van der Waals surface area (Å²) in [5.41, 5.74) is 0.825. The Morgan fingerprint density at radius 3 is 2.84 bits per heavy atom. The maximum Gasteiger partial charge on any atom is 0.226 e. The molecule has 2 aromatic heterocycles. The number of nitrogens with one attached hydrogen (secondary N) is 2. The molecule has 0 saturated carbocycles. The second-order valence-electron chi connectivity index (χ2n) is 5.17. The van der Waals surface area contributed by atoms with Crippen molar-refractivity contribution in [3.05, 3.63) is 70.9 Å². The lowest BCUT2D eigenvalue weighted by atomic mass is 10.2. The zero-order chi connectivity index (χ0) is 17.6. The molecule has 5 nitrogen and oxygen atoms in total. The molecule has 0 aliphatic carbocycles. The van der Waals surface area contributed by atoms with E-state index in [1.807, 2.05) is 18.2 Å². The molecule has 8 heteroatoms. The summed E-state index contributed by atoms with van der Waals surface area (Å²) >= 11 is 1.36. The first-order chi connectivity index (χ1) is 12.1. The van der Waals surface area contributed by atoms with Crippen molar-refractivity contribution in [3.8, 4) is 0 Å². The standard InChI is InChI=1S/C17H14F2N4OS/c18-12-5-4-11(14(19)7-12)9-21-16(24)8-13-10-25-17(22-13)23-15-3-1-2-6-20-15/h1-7,10H,8-9H2,(H,21,24)(H,20,22,23). The SMILES string of the molecule is O=C(Cc1csc(Nc2ccccn2)n1)NCc1ccc(F)cc1F. The number of carbonyl (C=O) groups is 1. The van der Waals surface area contributed by atoms with E-state index in [-0.39, 0.29) is 24.4 Å². The first kappa shape index (κ1) is 17.0. The van der Waals surface area contributed by atoms with Gasteiger partial charge in [0.25, 0.3) is 0 Å². The normalized spacial score (nSPS) is 10.5.